The van der Waals surface area contributed by atoms with E-state index in [-0.39, 0.29) is 17.4 Å². The quantitative estimate of drug-likeness (QED) is 0.675. The van der Waals surface area contributed by atoms with Crippen LogP contribution in [0.15, 0.2) is 18.2 Å². The molecular weight excluding hydrogens is 249 g/mol. The van der Waals surface area contributed by atoms with Crippen LogP contribution in [-0.2, 0) is 0 Å². The Kier molecular flexibility index (Phi) is 4.31. The van der Waals surface area contributed by atoms with Crippen LogP contribution in [0, 0.1) is 15.9 Å². The third-order valence-corrected chi connectivity index (χ3v) is 3.47. The first kappa shape index (κ1) is 13.7. The van der Waals surface area contributed by atoms with Gasteiger partial charge in [-0.05, 0) is 45.5 Å². The number of halogens is 1. The lowest BCUT2D eigenvalue weighted by molar-refractivity contribution is -0.384. The van der Waals surface area contributed by atoms with Gasteiger partial charge in [0.05, 0.1) is 10.6 Å². The largest absolute Gasteiger partial charge is 0.380 e. The van der Waals surface area contributed by atoms with Gasteiger partial charge in [-0.1, -0.05) is 0 Å². The summed E-state index contributed by atoms with van der Waals surface area (Å²) in [6.07, 6.45) is 2.91. The van der Waals surface area contributed by atoms with Gasteiger partial charge in [-0.25, -0.2) is 4.39 Å². The minimum atomic E-state index is -0.508. The van der Waals surface area contributed by atoms with Crippen LogP contribution >= 0.6 is 0 Å². The first-order valence-corrected chi connectivity index (χ1v) is 6.45. The Bertz CT molecular complexity index is 467. The average molecular weight is 267 g/mol. The molecule has 1 aliphatic rings. The summed E-state index contributed by atoms with van der Waals surface area (Å²) in [5.41, 5.74) is 0.137. The Morgan fingerprint density at radius 1 is 1.42 bits per heavy atom. The van der Waals surface area contributed by atoms with E-state index < -0.39 is 10.7 Å². The van der Waals surface area contributed by atoms with Gasteiger partial charge in [-0.2, -0.15) is 0 Å². The number of anilines is 1. The SMILES string of the molecule is CN1CCCC(Nc2cc([N+](=O)[O-])ccc2F)CC1. The zero-order valence-electron chi connectivity index (χ0n) is 10.9. The van der Waals surface area contributed by atoms with E-state index in [2.05, 4.69) is 17.3 Å². The molecule has 1 aromatic carbocycles. The first-order chi connectivity index (χ1) is 9.06. The highest BCUT2D eigenvalue weighted by molar-refractivity contribution is 5.52. The maximum Gasteiger partial charge on any atom is 0.271 e. The average Bonchev–Trinajstić information content (AvgIpc) is 2.57. The molecule has 1 unspecified atom stereocenters. The van der Waals surface area contributed by atoms with Crippen LogP contribution in [-0.4, -0.2) is 36.0 Å². The topological polar surface area (TPSA) is 58.4 Å². The summed E-state index contributed by atoms with van der Waals surface area (Å²) in [5.74, 6) is -0.441. The zero-order chi connectivity index (χ0) is 13.8. The highest BCUT2D eigenvalue weighted by atomic mass is 19.1. The molecule has 0 aromatic heterocycles. The molecule has 0 amide bonds. The molecule has 1 atom stereocenters. The number of nitrogens with zero attached hydrogens (tertiary/aromatic N) is 2. The summed E-state index contributed by atoms with van der Waals surface area (Å²) in [6.45, 7) is 1.99. The predicted molar refractivity (Wildman–Crippen MR) is 71.8 cm³/mol. The number of benzene rings is 1. The molecule has 0 saturated carbocycles. The smallest absolute Gasteiger partial charge is 0.271 e. The lowest BCUT2D eigenvalue weighted by atomic mass is 10.1. The van der Waals surface area contributed by atoms with Gasteiger partial charge in [0.1, 0.15) is 5.82 Å². The number of nitro groups is 1. The molecule has 0 radical (unpaired) electrons. The first-order valence-electron chi connectivity index (χ1n) is 6.45. The van der Waals surface area contributed by atoms with E-state index in [1.54, 1.807) is 0 Å². The molecule has 1 saturated heterocycles. The third kappa shape index (κ3) is 3.64. The summed E-state index contributed by atoms with van der Waals surface area (Å²) in [7, 11) is 2.07. The van der Waals surface area contributed by atoms with Gasteiger partial charge in [0.2, 0.25) is 0 Å². The third-order valence-electron chi connectivity index (χ3n) is 3.47. The second kappa shape index (κ2) is 5.97. The van der Waals surface area contributed by atoms with Gasteiger partial charge in [0.15, 0.2) is 0 Å². The van der Waals surface area contributed by atoms with Crippen molar-refractivity contribution in [3.8, 4) is 0 Å². The lowest BCUT2D eigenvalue weighted by Gasteiger charge is -2.18. The van der Waals surface area contributed by atoms with Crippen molar-refractivity contribution < 1.29 is 9.31 Å². The van der Waals surface area contributed by atoms with Crippen molar-refractivity contribution in [1.29, 1.82) is 0 Å². The molecule has 1 fully saturated rings. The Balaban J connectivity index is 2.09. The number of nitro benzene ring substituents is 1. The Labute approximate surface area is 111 Å². The number of nitrogens with one attached hydrogen (secondary N) is 1. The Morgan fingerprint density at radius 2 is 2.21 bits per heavy atom. The fourth-order valence-electron chi connectivity index (χ4n) is 2.34. The van der Waals surface area contributed by atoms with Crippen molar-refractivity contribution >= 4 is 11.4 Å². The summed E-state index contributed by atoms with van der Waals surface area (Å²) < 4.78 is 13.7. The van der Waals surface area contributed by atoms with Crippen LogP contribution in [0.3, 0.4) is 0 Å². The van der Waals surface area contributed by atoms with Crippen molar-refractivity contribution in [2.75, 3.05) is 25.5 Å². The van der Waals surface area contributed by atoms with Crippen molar-refractivity contribution in [2.45, 2.75) is 25.3 Å². The monoisotopic (exact) mass is 267 g/mol. The van der Waals surface area contributed by atoms with Gasteiger partial charge < -0.3 is 10.2 Å². The molecule has 0 aliphatic carbocycles. The zero-order valence-corrected chi connectivity index (χ0v) is 10.9. The number of non-ortho nitro benzene ring substituents is 1. The summed E-state index contributed by atoms with van der Waals surface area (Å²) in [5, 5.41) is 13.8. The van der Waals surface area contributed by atoms with E-state index >= 15 is 0 Å². The molecule has 6 heteroatoms. The van der Waals surface area contributed by atoms with Gasteiger partial charge >= 0.3 is 0 Å². The fraction of sp³-hybridized carbons (Fsp3) is 0.538. The van der Waals surface area contributed by atoms with E-state index in [1.807, 2.05) is 0 Å². The number of hydrogen-bond donors (Lipinski definition) is 1. The molecule has 0 spiro atoms. The molecule has 1 aliphatic heterocycles. The van der Waals surface area contributed by atoms with Gasteiger partial charge in [0.25, 0.3) is 5.69 Å². The van der Waals surface area contributed by atoms with Crippen LogP contribution < -0.4 is 5.32 Å². The van der Waals surface area contributed by atoms with Crippen LogP contribution in [0.1, 0.15) is 19.3 Å². The molecule has 19 heavy (non-hydrogen) atoms. The molecule has 1 N–H and O–H groups in total. The minimum Gasteiger partial charge on any atom is -0.380 e. The second-order valence-electron chi connectivity index (χ2n) is 5.00. The Hall–Kier alpha value is -1.69. The predicted octanol–water partition coefficient (Wildman–Crippen LogP) is 2.63. The van der Waals surface area contributed by atoms with Crippen molar-refractivity contribution in [2.24, 2.45) is 0 Å². The normalized spacial score (nSPS) is 20.8. The van der Waals surface area contributed by atoms with Crippen LogP contribution in [0.2, 0.25) is 0 Å². The van der Waals surface area contributed by atoms with E-state index in [4.69, 9.17) is 0 Å². The molecule has 0 bridgehead atoms. The van der Waals surface area contributed by atoms with Crippen molar-refractivity contribution in [3.05, 3.63) is 34.1 Å². The molecule has 5 nitrogen and oxygen atoms in total. The number of hydrogen-bond acceptors (Lipinski definition) is 4. The van der Waals surface area contributed by atoms with Crippen LogP contribution in [0.25, 0.3) is 0 Å². The molecule has 2 rings (SSSR count). The van der Waals surface area contributed by atoms with Gasteiger partial charge in [-0.15, -0.1) is 0 Å². The highest BCUT2D eigenvalue weighted by Gasteiger charge is 2.17. The standard InChI is InChI=1S/C13H18FN3O2/c1-16-7-2-3-10(6-8-16)15-13-9-11(17(18)19)4-5-12(13)14/h4-5,9-10,15H,2-3,6-8H2,1H3. The molecule has 1 aromatic rings. The van der Waals surface area contributed by atoms with Crippen LogP contribution in [0.5, 0.6) is 0 Å². The maximum atomic E-state index is 13.7. The summed E-state index contributed by atoms with van der Waals surface area (Å²) in [4.78, 5) is 12.4. The van der Waals surface area contributed by atoms with E-state index in [0.717, 1.165) is 38.4 Å². The van der Waals surface area contributed by atoms with Gasteiger partial charge in [-0.3, -0.25) is 10.1 Å². The highest BCUT2D eigenvalue weighted by Crippen LogP contribution is 2.24. The van der Waals surface area contributed by atoms with Crippen LogP contribution in [0.4, 0.5) is 15.8 Å². The lowest BCUT2D eigenvalue weighted by Crippen LogP contribution is -2.23. The summed E-state index contributed by atoms with van der Waals surface area (Å²) in [6, 6.07) is 3.76. The summed E-state index contributed by atoms with van der Waals surface area (Å²) >= 11 is 0. The second-order valence-corrected chi connectivity index (χ2v) is 5.00. The van der Waals surface area contributed by atoms with E-state index in [1.165, 1.54) is 12.1 Å². The fourth-order valence-corrected chi connectivity index (χ4v) is 2.34. The number of likely N-dealkylation sites (tertiary alicyclic amines) is 1. The number of rotatable bonds is 3. The molecule has 104 valence electrons. The maximum absolute atomic E-state index is 13.7. The van der Waals surface area contributed by atoms with Crippen molar-refractivity contribution in [3.63, 3.8) is 0 Å². The van der Waals surface area contributed by atoms with E-state index in [0.29, 0.717) is 0 Å². The minimum absolute atomic E-state index is 0.0883. The van der Waals surface area contributed by atoms with Gasteiger partial charge in [0, 0.05) is 18.2 Å². The molecule has 1 heterocycles. The van der Waals surface area contributed by atoms with E-state index in [9.17, 15) is 14.5 Å². The molecular formula is C13H18FN3O2. The van der Waals surface area contributed by atoms with Crippen molar-refractivity contribution in [1.82, 2.24) is 4.90 Å². The Morgan fingerprint density at radius 3 is 2.95 bits per heavy atom.